The number of carbonyl (C=O) groups excluding carboxylic acids is 1. The molecule has 0 aliphatic rings. The first-order valence-electron chi connectivity index (χ1n) is 5.99. The minimum atomic E-state index is -0.266. The molecule has 1 aromatic carbocycles. The van der Waals surface area contributed by atoms with Crippen LogP contribution in [-0.2, 0) is 11.8 Å². The summed E-state index contributed by atoms with van der Waals surface area (Å²) in [5, 5.41) is 0.571. The molecule has 0 saturated carbocycles. The quantitative estimate of drug-likeness (QED) is 0.804. The fourth-order valence-corrected chi connectivity index (χ4v) is 2.86. The third kappa shape index (κ3) is 3.17. The van der Waals surface area contributed by atoms with Crippen molar-refractivity contribution in [1.82, 2.24) is 14.5 Å². The van der Waals surface area contributed by atoms with E-state index in [2.05, 4.69) is 4.98 Å². The summed E-state index contributed by atoms with van der Waals surface area (Å²) in [6, 6.07) is 9.80. The fourth-order valence-electron chi connectivity index (χ4n) is 1.69. The molecule has 0 N–H and O–H groups in total. The SMILES string of the molecule is CN(C)C(=O)[C@H](Sc1nccn1C)c1ccccc1. The van der Waals surface area contributed by atoms with E-state index in [4.69, 9.17) is 0 Å². The van der Waals surface area contributed by atoms with E-state index in [9.17, 15) is 4.79 Å². The standard InChI is InChI=1S/C14H17N3OS/c1-16(2)13(18)12(11-7-5-4-6-8-11)19-14-15-9-10-17(14)3/h4-10,12H,1-3H3/t12-/m1/s1. The topological polar surface area (TPSA) is 38.1 Å². The van der Waals surface area contributed by atoms with Crippen molar-refractivity contribution in [3.63, 3.8) is 0 Å². The van der Waals surface area contributed by atoms with Gasteiger partial charge in [-0.2, -0.15) is 0 Å². The second-order valence-corrected chi connectivity index (χ2v) is 5.53. The fraction of sp³-hybridized carbons (Fsp3) is 0.286. The molecule has 0 aliphatic heterocycles. The van der Waals surface area contributed by atoms with Crippen LogP contribution in [0.5, 0.6) is 0 Å². The molecule has 0 bridgehead atoms. The van der Waals surface area contributed by atoms with Crippen molar-refractivity contribution in [3.8, 4) is 0 Å². The molecule has 100 valence electrons. The Balaban J connectivity index is 2.30. The minimum Gasteiger partial charge on any atom is -0.348 e. The van der Waals surface area contributed by atoms with Crippen molar-refractivity contribution in [3.05, 3.63) is 48.3 Å². The van der Waals surface area contributed by atoms with Crippen LogP contribution in [0.3, 0.4) is 0 Å². The number of benzene rings is 1. The summed E-state index contributed by atoms with van der Waals surface area (Å²) in [5.74, 6) is 0.0687. The predicted octanol–water partition coefficient (Wildman–Crippen LogP) is 2.34. The second kappa shape index (κ2) is 5.93. The van der Waals surface area contributed by atoms with Gasteiger partial charge in [0.05, 0.1) is 0 Å². The van der Waals surface area contributed by atoms with Crippen LogP contribution in [0.2, 0.25) is 0 Å². The van der Waals surface area contributed by atoms with E-state index in [1.807, 2.05) is 48.1 Å². The number of aryl methyl sites for hydroxylation is 1. The monoisotopic (exact) mass is 275 g/mol. The van der Waals surface area contributed by atoms with E-state index < -0.39 is 0 Å². The third-order valence-electron chi connectivity index (χ3n) is 2.77. The largest absolute Gasteiger partial charge is 0.348 e. The van der Waals surface area contributed by atoms with Crippen molar-refractivity contribution >= 4 is 17.7 Å². The van der Waals surface area contributed by atoms with Gasteiger partial charge in [-0.3, -0.25) is 4.79 Å². The number of likely N-dealkylation sites (N-methyl/N-ethyl adjacent to an activating group) is 1. The number of hydrogen-bond donors (Lipinski definition) is 0. The highest BCUT2D eigenvalue weighted by Gasteiger charge is 2.24. The average Bonchev–Trinajstić information content (AvgIpc) is 2.81. The van der Waals surface area contributed by atoms with E-state index in [0.29, 0.717) is 0 Å². The minimum absolute atomic E-state index is 0.0687. The van der Waals surface area contributed by atoms with Gasteiger partial charge in [0, 0.05) is 33.5 Å². The van der Waals surface area contributed by atoms with Crippen molar-refractivity contribution in [2.24, 2.45) is 7.05 Å². The van der Waals surface area contributed by atoms with Crippen LogP contribution in [0, 0.1) is 0 Å². The molecule has 1 heterocycles. The number of thioether (sulfide) groups is 1. The van der Waals surface area contributed by atoms with Gasteiger partial charge in [0.1, 0.15) is 5.25 Å². The molecule has 0 unspecified atom stereocenters. The molecule has 0 aliphatic carbocycles. The molecule has 0 radical (unpaired) electrons. The number of imidazole rings is 1. The molecule has 2 rings (SSSR count). The zero-order chi connectivity index (χ0) is 13.8. The van der Waals surface area contributed by atoms with E-state index >= 15 is 0 Å². The molecule has 19 heavy (non-hydrogen) atoms. The molecular formula is C14H17N3OS. The summed E-state index contributed by atoms with van der Waals surface area (Å²) >= 11 is 1.47. The maximum absolute atomic E-state index is 12.3. The smallest absolute Gasteiger partial charge is 0.240 e. The lowest BCUT2D eigenvalue weighted by Gasteiger charge is -2.20. The Morgan fingerprint density at radius 1 is 1.32 bits per heavy atom. The highest BCUT2D eigenvalue weighted by molar-refractivity contribution is 8.00. The van der Waals surface area contributed by atoms with Crippen LogP contribution in [0.25, 0.3) is 0 Å². The van der Waals surface area contributed by atoms with Crippen LogP contribution in [0.1, 0.15) is 10.8 Å². The van der Waals surface area contributed by atoms with E-state index in [1.165, 1.54) is 11.8 Å². The molecule has 1 atom stereocenters. The summed E-state index contributed by atoms with van der Waals surface area (Å²) in [6.07, 6.45) is 3.62. The molecule has 1 amide bonds. The first kappa shape index (κ1) is 13.7. The van der Waals surface area contributed by atoms with Gasteiger partial charge >= 0.3 is 0 Å². The van der Waals surface area contributed by atoms with Crippen molar-refractivity contribution in [1.29, 1.82) is 0 Å². The van der Waals surface area contributed by atoms with Gasteiger partial charge < -0.3 is 9.47 Å². The molecule has 2 aromatic rings. The highest BCUT2D eigenvalue weighted by atomic mass is 32.2. The van der Waals surface area contributed by atoms with Crippen LogP contribution < -0.4 is 0 Å². The van der Waals surface area contributed by atoms with E-state index in [1.54, 1.807) is 25.2 Å². The highest BCUT2D eigenvalue weighted by Crippen LogP contribution is 2.35. The maximum Gasteiger partial charge on any atom is 0.240 e. The molecule has 5 heteroatoms. The number of hydrogen-bond acceptors (Lipinski definition) is 3. The van der Waals surface area contributed by atoms with Crippen LogP contribution >= 0.6 is 11.8 Å². The molecular weight excluding hydrogens is 258 g/mol. The number of amides is 1. The van der Waals surface area contributed by atoms with Gasteiger partial charge in [0.25, 0.3) is 0 Å². The van der Waals surface area contributed by atoms with Gasteiger partial charge in [0.15, 0.2) is 5.16 Å². The zero-order valence-corrected chi connectivity index (χ0v) is 12.1. The van der Waals surface area contributed by atoms with Gasteiger partial charge in [-0.05, 0) is 5.56 Å². The maximum atomic E-state index is 12.3. The first-order chi connectivity index (χ1) is 9.09. The number of aromatic nitrogens is 2. The molecule has 0 saturated heterocycles. The Morgan fingerprint density at radius 2 is 2.00 bits per heavy atom. The Morgan fingerprint density at radius 3 is 2.53 bits per heavy atom. The summed E-state index contributed by atoms with van der Waals surface area (Å²) in [4.78, 5) is 18.2. The summed E-state index contributed by atoms with van der Waals surface area (Å²) < 4.78 is 1.92. The normalized spacial score (nSPS) is 12.2. The summed E-state index contributed by atoms with van der Waals surface area (Å²) in [6.45, 7) is 0. The Labute approximate surface area is 117 Å². The predicted molar refractivity (Wildman–Crippen MR) is 76.9 cm³/mol. The van der Waals surface area contributed by atoms with E-state index in [-0.39, 0.29) is 11.2 Å². The molecule has 4 nitrogen and oxygen atoms in total. The lowest BCUT2D eigenvalue weighted by molar-refractivity contribution is -0.128. The summed E-state index contributed by atoms with van der Waals surface area (Å²) in [7, 11) is 5.48. The Kier molecular flexibility index (Phi) is 4.27. The van der Waals surface area contributed by atoms with Crippen LogP contribution in [-0.4, -0.2) is 34.5 Å². The first-order valence-corrected chi connectivity index (χ1v) is 6.87. The lowest BCUT2D eigenvalue weighted by atomic mass is 10.1. The Bertz CT molecular complexity index is 551. The van der Waals surface area contributed by atoms with Crippen molar-refractivity contribution < 1.29 is 4.79 Å². The van der Waals surface area contributed by atoms with Gasteiger partial charge in [-0.1, -0.05) is 42.1 Å². The van der Waals surface area contributed by atoms with Gasteiger partial charge in [0.2, 0.25) is 5.91 Å². The Hall–Kier alpha value is -1.75. The molecule has 0 spiro atoms. The molecule has 0 fully saturated rings. The summed E-state index contributed by atoms with van der Waals surface area (Å²) in [5.41, 5.74) is 0.995. The van der Waals surface area contributed by atoms with Gasteiger partial charge in [-0.15, -0.1) is 0 Å². The number of rotatable bonds is 4. The van der Waals surface area contributed by atoms with Crippen LogP contribution in [0.4, 0.5) is 0 Å². The van der Waals surface area contributed by atoms with E-state index in [0.717, 1.165) is 10.7 Å². The number of nitrogens with zero attached hydrogens (tertiary/aromatic N) is 3. The van der Waals surface area contributed by atoms with Gasteiger partial charge in [-0.25, -0.2) is 4.98 Å². The van der Waals surface area contributed by atoms with Crippen molar-refractivity contribution in [2.75, 3.05) is 14.1 Å². The lowest BCUT2D eigenvalue weighted by Crippen LogP contribution is -2.26. The number of carbonyl (C=O) groups is 1. The van der Waals surface area contributed by atoms with Crippen LogP contribution in [0.15, 0.2) is 47.9 Å². The molecule has 1 aromatic heterocycles. The van der Waals surface area contributed by atoms with Crippen molar-refractivity contribution in [2.45, 2.75) is 10.4 Å². The second-order valence-electron chi connectivity index (χ2n) is 4.46. The third-order valence-corrected chi connectivity index (χ3v) is 4.08. The zero-order valence-electron chi connectivity index (χ0n) is 11.3. The average molecular weight is 275 g/mol.